The van der Waals surface area contributed by atoms with Crippen molar-refractivity contribution < 1.29 is 9.90 Å². The number of hydrogen-bond donors (Lipinski definition) is 1. The van der Waals surface area contributed by atoms with Gasteiger partial charge in [-0.05, 0) is 36.3 Å². The summed E-state index contributed by atoms with van der Waals surface area (Å²) in [5.41, 5.74) is 2.76. The van der Waals surface area contributed by atoms with E-state index in [4.69, 9.17) is 11.5 Å². The van der Waals surface area contributed by atoms with Crippen LogP contribution >= 0.6 is 0 Å². The van der Waals surface area contributed by atoms with Crippen LogP contribution in [0.3, 0.4) is 0 Å². The van der Waals surface area contributed by atoms with E-state index in [1.165, 1.54) is 17.5 Å². The van der Waals surface area contributed by atoms with Gasteiger partial charge in [-0.25, -0.2) is 0 Å². The average molecular weight is 257 g/mol. The van der Waals surface area contributed by atoms with Crippen molar-refractivity contribution in [3.8, 4) is 12.3 Å². The second-order valence-electron chi connectivity index (χ2n) is 5.06. The molecule has 0 amide bonds. The van der Waals surface area contributed by atoms with Crippen molar-refractivity contribution in [2.45, 2.75) is 25.2 Å². The molecule has 1 aromatic carbocycles. The lowest BCUT2D eigenvalue weighted by Crippen LogP contribution is -2.34. The zero-order valence-corrected chi connectivity index (χ0v) is 11.0. The molecule has 3 nitrogen and oxygen atoms in total. The Balaban J connectivity index is 2.10. The molecular weight excluding hydrogens is 238 g/mol. The Hall–Kier alpha value is -1.79. The molecule has 2 rings (SSSR count). The number of nitrogens with zero attached hydrogens (tertiary/aromatic N) is 1. The number of fused-ring (bicyclic) bond motifs is 1. The topological polar surface area (TPSA) is 40.5 Å². The molecule has 1 atom stereocenters. The average Bonchev–Trinajstić information content (AvgIpc) is 2.39. The lowest BCUT2D eigenvalue weighted by Gasteiger charge is -2.29. The molecule has 0 bridgehead atoms. The summed E-state index contributed by atoms with van der Waals surface area (Å²) in [7, 11) is 0. The lowest BCUT2D eigenvalue weighted by molar-refractivity contribution is -0.138. The third kappa shape index (κ3) is 3.59. The van der Waals surface area contributed by atoms with E-state index in [0.29, 0.717) is 12.5 Å². The number of carbonyl (C=O) groups is 1. The van der Waals surface area contributed by atoms with E-state index < -0.39 is 5.97 Å². The van der Waals surface area contributed by atoms with Crippen LogP contribution in [0.4, 0.5) is 0 Å². The van der Waals surface area contributed by atoms with Crippen molar-refractivity contribution in [2.75, 3.05) is 19.6 Å². The second kappa shape index (κ2) is 6.40. The van der Waals surface area contributed by atoms with Gasteiger partial charge in [0.25, 0.3) is 0 Å². The largest absolute Gasteiger partial charge is 0.480 e. The summed E-state index contributed by atoms with van der Waals surface area (Å²) >= 11 is 0. The molecule has 1 unspecified atom stereocenters. The minimum Gasteiger partial charge on any atom is -0.480 e. The highest BCUT2D eigenvalue weighted by atomic mass is 16.4. The minimum atomic E-state index is -0.820. The monoisotopic (exact) mass is 257 g/mol. The Kier molecular flexibility index (Phi) is 4.59. The van der Waals surface area contributed by atoms with E-state index in [-0.39, 0.29) is 6.54 Å². The maximum absolute atomic E-state index is 10.9. The zero-order valence-electron chi connectivity index (χ0n) is 11.0. The second-order valence-corrected chi connectivity index (χ2v) is 5.06. The first-order valence-electron chi connectivity index (χ1n) is 6.66. The molecule has 0 spiro atoms. The molecule has 19 heavy (non-hydrogen) atoms. The molecule has 0 saturated heterocycles. The molecule has 0 heterocycles. The van der Waals surface area contributed by atoms with E-state index >= 15 is 0 Å². The van der Waals surface area contributed by atoms with Gasteiger partial charge in [0.2, 0.25) is 0 Å². The first kappa shape index (κ1) is 13.6. The Bertz CT molecular complexity index is 490. The van der Waals surface area contributed by atoms with Gasteiger partial charge < -0.3 is 5.11 Å². The molecule has 0 radical (unpaired) electrons. The number of carboxylic acid groups (broad SMARTS) is 1. The molecule has 0 saturated carbocycles. The predicted octanol–water partition coefficient (Wildman–Crippen LogP) is 2.13. The molecule has 3 heteroatoms. The molecule has 100 valence electrons. The molecule has 0 aromatic heterocycles. The van der Waals surface area contributed by atoms with Crippen LogP contribution in [-0.2, 0) is 11.2 Å². The summed E-state index contributed by atoms with van der Waals surface area (Å²) in [6.07, 6.45) is 8.72. The lowest BCUT2D eigenvalue weighted by atomic mass is 9.82. The normalized spacial score (nSPS) is 17.8. The van der Waals surface area contributed by atoms with Crippen molar-refractivity contribution in [1.29, 1.82) is 0 Å². The first-order valence-corrected chi connectivity index (χ1v) is 6.66. The summed E-state index contributed by atoms with van der Waals surface area (Å²) in [4.78, 5) is 12.7. The third-order valence-corrected chi connectivity index (χ3v) is 3.65. The van der Waals surface area contributed by atoms with E-state index in [0.717, 1.165) is 19.4 Å². The summed E-state index contributed by atoms with van der Waals surface area (Å²) in [5, 5.41) is 8.93. The summed E-state index contributed by atoms with van der Waals surface area (Å²) < 4.78 is 0. The Morgan fingerprint density at radius 2 is 2.26 bits per heavy atom. The number of carboxylic acids is 1. The maximum atomic E-state index is 10.9. The van der Waals surface area contributed by atoms with Gasteiger partial charge in [0.1, 0.15) is 0 Å². The van der Waals surface area contributed by atoms with Crippen molar-refractivity contribution in [3.05, 3.63) is 35.4 Å². The van der Waals surface area contributed by atoms with Crippen LogP contribution in [0, 0.1) is 12.3 Å². The third-order valence-electron chi connectivity index (χ3n) is 3.65. The molecule has 1 aromatic rings. The summed E-state index contributed by atoms with van der Waals surface area (Å²) in [5.74, 6) is 2.13. The summed E-state index contributed by atoms with van der Waals surface area (Å²) in [6, 6.07) is 8.45. The van der Waals surface area contributed by atoms with E-state index in [1.54, 1.807) is 0 Å². The van der Waals surface area contributed by atoms with Gasteiger partial charge in [0.05, 0.1) is 13.1 Å². The Morgan fingerprint density at radius 1 is 1.47 bits per heavy atom. The van der Waals surface area contributed by atoms with Crippen molar-refractivity contribution in [2.24, 2.45) is 0 Å². The maximum Gasteiger partial charge on any atom is 0.317 e. The molecular formula is C16H19NO2. The number of aryl methyl sites for hydroxylation is 1. The highest BCUT2D eigenvalue weighted by Crippen LogP contribution is 2.31. The Labute approximate surface area is 114 Å². The predicted molar refractivity (Wildman–Crippen MR) is 75.0 cm³/mol. The number of rotatable bonds is 5. The van der Waals surface area contributed by atoms with Crippen molar-refractivity contribution in [3.63, 3.8) is 0 Å². The summed E-state index contributed by atoms with van der Waals surface area (Å²) in [6.45, 7) is 1.14. The fourth-order valence-corrected chi connectivity index (χ4v) is 2.86. The Morgan fingerprint density at radius 3 is 3.00 bits per heavy atom. The van der Waals surface area contributed by atoms with E-state index in [2.05, 4.69) is 30.2 Å². The fourth-order valence-electron chi connectivity index (χ4n) is 2.86. The number of benzene rings is 1. The van der Waals surface area contributed by atoms with Crippen LogP contribution in [0.5, 0.6) is 0 Å². The van der Waals surface area contributed by atoms with E-state index in [9.17, 15) is 4.79 Å². The molecule has 0 fully saturated rings. The van der Waals surface area contributed by atoms with Crippen LogP contribution in [0.1, 0.15) is 29.9 Å². The van der Waals surface area contributed by atoms with Gasteiger partial charge in [-0.2, -0.15) is 0 Å². The van der Waals surface area contributed by atoms with Gasteiger partial charge in [-0.15, -0.1) is 6.42 Å². The van der Waals surface area contributed by atoms with Crippen LogP contribution < -0.4 is 0 Å². The minimum absolute atomic E-state index is 0.0167. The molecule has 1 N–H and O–H groups in total. The van der Waals surface area contributed by atoms with Crippen LogP contribution in [-0.4, -0.2) is 35.6 Å². The first-order chi connectivity index (χ1) is 9.20. The molecule has 0 aliphatic heterocycles. The SMILES string of the molecule is C#CCN(CC(=O)O)CC1CCCc2ccccc21. The fraction of sp³-hybridized carbons (Fsp3) is 0.438. The van der Waals surface area contributed by atoms with Crippen molar-refractivity contribution in [1.82, 2.24) is 4.90 Å². The molecule has 1 aliphatic rings. The number of hydrogen-bond acceptors (Lipinski definition) is 2. The number of terminal acetylenes is 1. The van der Waals surface area contributed by atoms with Gasteiger partial charge in [0.15, 0.2) is 0 Å². The quantitative estimate of drug-likeness (QED) is 0.821. The number of aliphatic carboxylic acids is 1. The van der Waals surface area contributed by atoms with E-state index in [1.807, 2.05) is 4.90 Å². The highest BCUT2D eigenvalue weighted by molar-refractivity contribution is 5.69. The zero-order chi connectivity index (χ0) is 13.7. The van der Waals surface area contributed by atoms with Gasteiger partial charge >= 0.3 is 5.97 Å². The smallest absolute Gasteiger partial charge is 0.317 e. The standard InChI is InChI=1S/C16H19NO2/c1-2-10-17(12-16(18)19)11-14-8-5-7-13-6-3-4-9-15(13)14/h1,3-4,6,9,14H,5,7-8,10-12H2,(H,18,19). The van der Waals surface area contributed by atoms with Crippen molar-refractivity contribution >= 4 is 5.97 Å². The van der Waals surface area contributed by atoms with Crippen LogP contribution in [0.25, 0.3) is 0 Å². The van der Waals surface area contributed by atoms with Crippen LogP contribution in [0.2, 0.25) is 0 Å². The molecule has 1 aliphatic carbocycles. The van der Waals surface area contributed by atoms with Gasteiger partial charge in [-0.1, -0.05) is 30.2 Å². The highest BCUT2D eigenvalue weighted by Gasteiger charge is 2.22. The van der Waals surface area contributed by atoms with Gasteiger partial charge in [0, 0.05) is 6.54 Å². The van der Waals surface area contributed by atoms with Crippen LogP contribution in [0.15, 0.2) is 24.3 Å². The van der Waals surface area contributed by atoms with Gasteiger partial charge in [-0.3, -0.25) is 9.69 Å².